The molecule has 4 heterocycles. The summed E-state index contributed by atoms with van der Waals surface area (Å²) in [6.07, 6.45) is 4.94. The van der Waals surface area contributed by atoms with E-state index in [1.165, 1.54) is 35.9 Å². The molecule has 3 aromatic rings. The van der Waals surface area contributed by atoms with Gasteiger partial charge in [-0.05, 0) is 48.6 Å². The van der Waals surface area contributed by atoms with Crippen molar-refractivity contribution in [3.63, 3.8) is 0 Å². The smallest absolute Gasteiger partial charge is 0.255 e. The van der Waals surface area contributed by atoms with Crippen LogP contribution in [0.1, 0.15) is 57.7 Å². The maximum absolute atomic E-state index is 13.6. The molecule has 3 aliphatic rings. The number of sulfonamides is 1. The quantitative estimate of drug-likeness (QED) is 0.502. The molecule has 1 aliphatic carbocycles. The van der Waals surface area contributed by atoms with Gasteiger partial charge in [0, 0.05) is 43.4 Å². The summed E-state index contributed by atoms with van der Waals surface area (Å²) in [7, 11) is -3.90. The molecule has 0 spiro atoms. The molecule has 2 amide bonds. The van der Waals surface area contributed by atoms with E-state index >= 15 is 0 Å². The lowest BCUT2D eigenvalue weighted by atomic mass is 9.95. The van der Waals surface area contributed by atoms with E-state index in [1.54, 1.807) is 9.80 Å². The highest BCUT2D eigenvalue weighted by atomic mass is 32.2. The number of hydrogen-bond acceptors (Lipinski definition) is 6. The number of primary sulfonamides is 1. The van der Waals surface area contributed by atoms with Gasteiger partial charge < -0.3 is 9.80 Å². The third kappa shape index (κ3) is 4.30. The Morgan fingerprint density at radius 1 is 1.14 bits per heavy atom. The summed E-state index contributed by atoms with van der Waals surface area (Å²) in [5, 5.41) is 11.8. The molecule has 1 saturated carbocycles. The van der Waals surface area contributed by atoms with Crippen molar-refractivity contribution in [2.24, 2.45) is 5.14 Å². The Morgan fingerprint density at radius 2 is 1.89 bits per heavy atom. The Kier molecular flexibility index (Phi) is 5.81. The summed E-state index contributed by atoms with van der Waals surface area (Å²) in [6.45, 7) is 4.84. The molecule has 9 nitrogen and oxygen atoms in total. The van der Waals surface area contributed by atoms with Gasteiger partial charge in [-0.25, -0.2) is 18.2 Å². The number of nitrogens with zero attached hydrogens (tertiary/aromatic N) is 4. The molecule has 0 unspecified atom stereocenters. The lowest BCUT2D eigenvalue weighted by Gasteiger charge is -2.37. The van der Waals surface area contributed by atoms with E-state index < -0.39 is 16.1 Å². The van der Waals surface area contributed by atoms with Crippen molar-refractivity contribution >= 4 is 33.2 Å². The standard InChI is InChI=1S/C26H27N5O4S2/c1-2-23(32)29-11-9-20-25-21(31(28-20)19-7-5-17(6-8-19)16-3-4-16)10-12-30(22(25)14-29)26(33)18-13-24(36-15-18)37(27,34)35/h2,5-8,13,15-16,22H,1,3-4,9-12,14H2,(H2,27,34,35)/t22-/m0/s1. The van der Waals surface area contributed by atoms with Crippen LogP contribution in [-0.4, -0.2) is 59.4 Å². The topological polar surface area (TPSA) is 119 Å². The van der Waals surface area contributed by atoms with Gasteiger partial charge in [-0.1, -0.05) is 18.7 Å². The Balaban J connectivity index is 1.39. The molecule has 1 atom stereocenters. The van der Waals surface area contributed by atoms with Gasteiger partial charge in [-0.15, -0.1) is 11.3 Å². The van der Waals surface area contributed by atoms with Crippen LogP contribution < -0.4 is 5.14 Å². The fourth-order valence-corrected chi connectivity index (χ4v) is 7.01. The number of nitrogens with two attached hydrogens (primary N) is 1. The van der Waals surface area contributed by atoms with Crippen LogP contribution in [0.2, 0.25) is 0 Å². The van der Waals surface area contributed by atoms with Gasteiger partial charge in [0.15, 0.2) is 0 Å². The minimum atomic E-state index is -3.90. The first-order chi connectivity index (χ1) is 17.7. The van der Waals surface area contributed by atoms with E-state index in [0.717, 1.165) is 34.0 Å². The molecule has 37 heavy (non-hydrogen) atoms. The highest BCUT2D eigenvalue weighted by Gasteiger charge is 2.40. The zero-order valence-corrected chi connectivity index (χ0v) is 21.8. The van der Waals surface area contributed by atoms with Crippen molar-refractivity contribution in [2.75, 3.05) is 19.6 Å². The Morgan fingerprint density at radius 3 is 2.54 bits per heavy atom. The van der Waals surface area contributed by atoms with E-state index in [1.807, 2.05) is 4.68 Å². The fraction of sp³-hybridized carbons (Fsp3) is 0.346. The van der Waals surface area contributed by atoms with E-state index in [0.29, 0.717) is 38.4 Å². The van der Waals surface area contributed by atoms with Crippen LogP contribution in [0.25, 0.3) is 5.69 Å². The Bertz CT molecular complexity index is 1520. The van der Waals surface area contributed by atoms with Gasteiger partial charge in [0.05, 0.1) is 28.7 Å². The molecule has 1 aromatic carbocycles. The number of hydrogen-bond donors (Lipinski definition) is 1. The molecular formula is C26H27N5O4S2. The highest BCUT2D eigenvalue weighted by Crippen LogP contribution is 2.41. The van der Waals surface area contributed by atoms with Crippen LogP contribution in [0.15, 0.2) is 52.6 Å². The summed E-state index contributed by atoms with van der Waals surface area (Å²) in [6, 6.07) is 9.48. The summed E-state index contributed by atoms with van der Waals surface area (Å²) >= 11 is 0.928. The van der Waals surface area contributed by atoms with E-state index in [9.17, 15) is 18.0 Å². The second-order valence-corrected chi connectivity index (χ2v) is 12.5. The Hall–Kier alpha value is -3.28. The van der Waals surface area contributed by atoms with E-state index in [-0.39, 0.29) is 21.6 Å². The molecule has 2 N–H and O–H groups in total. The maximum Gasteiger partial charge on any atom is 0.255 e. The van der Waals surface area contributed by atoms with E-state index in [2.05, 4.69) is 30.8 Å². The third-order valence-corrected chi connectivity index (χ3v) is 9.83. The van der Waals surface area contributed by atoms with Crippen LogP contribution in [0.3, 0.4) is 0 Å². The number of carbonyl (C=O) groups is 2. The van der Waals surface area contributed by atoms with Gasteiger partial charge in [0.25, 0.3) is 5.91 Å². The molecule has 2 aromatic heterocycles. The molecular weight excluding hydrogens is 510 g/mol. The summed E-state index contributed by atoms with van der Waals surface area (Å²) in [4.78, 5) is 29.7. The average molecular weight is 538 g/mol. The van der Waals surface area contributed by atoms with Crippen LogP contribution in [0.5, 0.6) is 0 Å². The van der Waals surface area contributed by atoms with Crippen molar-refractivity contribution in [2.45, 2.75) is 41.9 Å². The number of rotatable bonds is 5. The summed E-state index contributed by atoms with van der Waals surface area (Å²) in [5.74, 6) is 0.188. The van der Waals surface area contributed by atoms with Crippen molar-refractivity contribution in [1.82, 2.24) is 19.6 Å². The largest absolute Gasteiger partial charge is 0.336 e. The monoisotopic (exact) mass is 537 g/mol. The van der Waals surface area contributed by atoms with Crippen LogP contribution >= 0.6 is 11.3 Å². The number of thiophene rings is 1. The molecule has 0 bridgehead atoms. The van der Waals surface area contributed by atoms with Gasteiger partial charge >= 0.3 is 0 Å². The van der Waals surface area contributed by atoms with Crippen molar-refractivity contribution in [3.05, 3.63) is 76.4 Å². The van der Waals surface area contributed by atoms with Crippen LogP contribution in [0, 0.1) is 0 Å². The maximum atomic E-state index is 13.6. The van der Waals surface area contributed by atoms with Crippen molar-refractivity contribution in [3.8, 4) is 5.69 Å². The Labute approximate surface area is 219 Å². The number of benzene rings is 1. The van der Waals surface area contributed by atoms with Gasteiger partial charge in [-0.2, -0.15) is 5.10 Å². The molecule has 11 heteroatoms. The van der Waals surface area contributed by atoms with Crippen LogP contribution in [-0.2, 0) is 27.7 Å². The first kappa shape index (κ1) is 24.1. The first-order valence-corrected chi connectivity index (χ1v) is 14.7. The number of carbonyl (C=O) groups excluding carboxylic acids is 2. The first-order valence-electron chi connectivity index (χ1n) is 12.3. The molecule has 0 radical (unpaired) electrons. The van der Waals surface area contributed by atoms with Crippen LogP contribution in [0.4, 0.5) is 0 Å². The van der Waals surface area contributed by atoms with Crippen molar-refractivity contribution in [1.29, 1.82) is 0 Å². The molecule has 0 saturated heterocycles. The average Bonchev–Trinajstić information content (AvgIpc) is 3.54. The number of amides is 2. The molecule has 1 fully saturated rings. The van der Waals surface area contributed by atoms with E-state index in [4.69, 9.17) is 10.2 Å². The second-order valence-electron chi connectivity index (χ2n) is 9.79. The lowest BCUT2D eigenvalue weighted by Crippen LogP contribution is -2.45. The summed E-state index contributed by atoms with van der Waals surface area (Å²) in [5.41, 5.74) is 5.51. The summed E-state index contributed by atoms with van der Waals surface area (Å²) < 4.78 is 25.5. The predicted molar refractivity (Wildman–Crippen MR) is 139 cm³/mol. The normalized spacial score (nSPS) is 19.3. The molecule has 6 rings (SSSR count). The lowest BCUT2D eigenvalue weighted by molar-refractivity contribution is -0.126. The highest BCUT2D eigenvalue weighted by molar-refractivity contribution is 7.91. The van der Waals surface area contributed by atoms with Gasteiger partial charge in [0.2, 0.25) is 15.9 Å². The number of aromatic nitrogens is 2. The third-order valence-electron chi connectivity index (χ3n) is 7.45. The minimum absolute atomic E-state index is 0.0546. The second kappa shape index (κ2) is 8.93. The minimum Gasteiger partial charge on any atom is -0.336 e. The predicted octanol–water partition coefficient (Wildman–Crippen LogP) is 2.77. The van der Waals surface area contributed by atoms with Crippen molar-refractivity contribution < 1.29 is 18.0 Å². The zero-order valence-electron chi connectivity index (χ0n) is 20.2. The zero-order chi connectivity index (χ0) is 25.9. The molecule has 2 aliphatic heterocycles. The van der Waals surface area contributed by atoms with Gasteiger partial charge in [0.1, 0.15) is 4.21 Å². The molecule has 192 valence electrons. The SMILES string of the molecule is C=CC(=O)N1CCc2nn(-c3ccc(C4CC4)cc3)c3c2[C@H](C1)N(C(=O)c1csc(S(N)(=O)=O)c1)CC3. The fourth-order valence-electron chi connectivity index (χ4n) is 5.43. The van der Waals surface area contributed by atoms with Gasteiger partial charge in [-0.3, -0.25) is 9.59 Å².